The van der Waals surface area contributed by atoms with Crippen molar-refractivity contribution in [1.29, 1.82) is 0 Å². The molecule has 8 nitrogen and oxygen atoms in total. The van der Waals surface area contributed by atoms with Gasteiger partial charge < -0.3 is 9.47 Å². The number of non-ortho nitro benzene ring substituents is 1. The molecule has 30 heavy (non-hydrogen) atoms. The van der Waals surface area contributed by atoms with E-state index in [0.717, 1.165) is 22.5 Å². The Hall–Kier alpha value is -2.56. The lowest BCUT2D eigenvalue weighted by molar-refractivity contribution is -0.384. The van der Waals surface area contributed by atoms with Gasteiger partial charge in [-0.3, -0.25) is 14.9 Å². The van der Waals surface area contributed by atoms with Gasteiger partial charge in [-0.1, -0.05) is 18.2 Å². The van der Waals surface area contributed by atoms with Gasteiger partial charge in [0.15, 0.2) is 0 Å². The van der Waals surface area contributed by atoms with E-state index in [1.807, 2.05) is 30.3 Å². The fraction of sp³-hybridized carbons (Fsp3) is 0.300. The number of para-hydroxylation sites is 1. The van der Waals surface area contributed by atoms with Crippen molar-refractivity contribution >= 4 is 46.1 Å². The number of nitro groups is 1. The third-order valence-corrected chi connectivity index (χ3v) is 6.71. The lowest BCUT2D eigenvalue weighted by atomic mass is 10.2. The number of rotatable bonds is 7. The highest BCUT2D eigenvalue weighted by molar-refractivity contribution is 8.00. The van der Waals surface area contributed by atoms with Crippen molar-refractivity contribution in [2.45, 2.75) is 16.8 Å². The van der Waals surface area contributed by atoms with Gasteiger partial charge in [0.1, 0.15) is 11.1 Å². The van der Waals surface area contributed by atoms with Gasteiger partial charge in [0, 0.05) is 33.9 Å². The van der Waals surface area contributed by atoms with Crippen molar-refractivity contribution < 1.29 is 19.2 Å². The van der Waals surface area contributed by atoms with Gasteiger partial charge in [0.2, 0.25) is 0 Å². The molecule has 0 spiro atoms. The van der Waals surface area contributed by atoms with Crippen LogP contribution in [-0.4, -0.2) is 45.9 Å². The number of aromatic nitrogens is 2. The Morgan fingerprint density at radius 3 is 2.87 bits per heavy atom. The average Bonchev–Trinajstić information content (AvgIpc) is 3.42. The van der Waals surface area contributed by atoms with E-state index in [2.05, 4.69) is 0 Å². The van der Waals surface area contributed by atoms with Gasteiger partial charge in [-0.05, 0) is 12.1 Å². The molecule has 2 heterocycles. The van der Waals surface area contributed by atoms with E-state index in [1.165, 1.54) is 18.9 Å². The minimum absolute atomic E-state index is 0.0216. The van der Waals surface area contributed by atoms with E-state index >= 15 is 0 Å². The predicted molar refractivity (Wildman–Crippen MR) is 116 cm³/mol. The summed E-state index contributed by atoms with van der Waals surface area (Å²) >= 11 is 3.04. The summed E-state index contributed by atoms with van der Waals surface area (Å²) in [7, 11) is 1.34. The molecule has 1 fully saturated rings. The Bertz CT molecular complexity index is 1080. The molecule has 0 N–H and O–H groups in total. The first-order valence-corrected chi connectivity index (χ1v) is 11.3. The number of nitro benzene ring substituents is 1. The Kier molecular flexibility index (Phi) is 6.26. The summed E-state index contributed by atoms with van der Waals surface area (Å²) in [5.74, 6) is 0.985. The number of fused-ring (bicyclic) bond motifs is 1. The Morgan fingerprint density at radius 2 is 2.20 bits per heavy atom. The standard InChI is InChI=1S/C20H19N3O5S2/c1-27-17(24)7-9-29-16-12-14(23(25)26)11-15-18(16)19(20-28-8-10-30-20)21-22(15)13-5-3-2-4-6-13/h2-6,11-12,20H,7-10H2,1H3/t20-/m1/s1. The summed E-state index contributed by atoms with van der Waals surface area (Å²) in [5.41, 5.74) is 1.93. The molecule has 0 saturated carbocycles. The zero-order valence-corrected chi connectivity index (χ0v) is 17.8. The Morgan fingerprint density at radius 1 is 1.40 bits per heavy atom. The molecular formula is C20H19N3O5S2. The van der Waals surface area contributed by atoms with E-state index in [4.69, 9.17) is 14.6 Å². The number of hydrogen-bond donors (Lipinski definition) is 0. The number of carbonyl (C=O) groups excluding carboxylic acids is 1. The second-order valence-corrected chi connectivity index (χ2v) is 8.78. The number of esters is 1. The van der Waals surface area contributed by atoms with Crippen LogP contribution in [0.25, 0.3) is 16.6 Å². The molecule has 1 aliphatic rings. The second kappa shape index (κ2) is 9.07. The van der Waals surface area contributed by atoms with Gasteiger partial charge in [0.25, 0.3) is 5.69 Å². The Balaban J connectivity index is 1.88. The van der Waals surface area contributed by atoms with Crippen LogP contribution in [-0.2, 0) is 14.3 Å². The van der Waals surface area contributed by atoms with E-state index in [1.54, 1.807) is 28.6 Å². The van der Waals surface area contributed by atoms with Crippen molar-refractivity contribution in [2.24, 2.45) is 0 Å². The first-order chi connectivity index (χ1) is 14.6. The molecule has 0 radical (unpaired) electrons. The molecule has 1 aliphatic heterocycles. The maximum absolute atomic E-state index is 11.6. The van der Waals surface area contributed by atoms with Crippen LogP contribution in [0.4, 0.5) is 5.69 Å². The first-order valence-electron chi connectivity index (χ1n) is 9.28. The highest BCUT2D eigenvalue weighted by Gasteiger charge is 2.28. The molecule has 0 amide bonds. The number of methoxy groups -OCH3 is 1. The van der Waals surface area contributed by atoms with E-state index in [-0.39, 0.29) is 23.5 Å². The predicted octanol–water partition coefficient (Wildman–Crippen LogP) is 4.35. The third-order valence-electron chi connectivity index (χ3n) is 4.61. The molecule has 1 aromatic heterocycles. The number of nitrogens with zero attached hydrogens (tertiary/aromatic N) is 3. The van der Waals surface area contributed by atoms with Crippen LogP contribution in [0, 0.1) is 10.1 Å². The highest BCUT2D eigenvalue weighted by atomic mass is 32.2. The van der Waals surface area contributed by atoms with Crippen molar-refractivity contribution in [2.75, 3.05) is 25.2 Å². The largest absolute Gasteiger partial charge is 0.469 e. The van der Waals surface area contributed by atoms with Crippen LogP contribution in [0.3, 0.4) is 0 Å². The number of benzene rings is 2. The average molecular weight is 446 g/mol. The van der Waals surface area contributed by atoms with Gasteiger partial charge in [0.05, 0.1) is 36.3 Å². The van der Waals surface area contributed by atoms with Crippen molar-refractivity contribution in [3.05, 3.63) is 58.3 Å². The number of thioether (sulfide) groups is 2. The normalized spacial score (nSPS) is 16.1. The molecule has 1 atom stereocenters. The van der Waals surface area contributed by atoms with Gasteiger partial charge >= 0.3 is 5.97 Å². The van der Waals surface area contributed by atoms with Gasteiger partial charge in [-0.2, -0.15) is 5.10 Å². The van der Waals surface area contributed by atoms with E-state index in [0.29, 0.717) is 22.8 Å². The van der Waals surface area contributed by atoms with E-state index < -0.39 is 4.92 Å². The SMILES string of the molecule is COC(=O)CCSc1cc([N+](=O)[O-])cc2c1c([C@@H]1OCCS1)nn2-c1ccccc1. The summed E-state index contributed by atoms with van der Waals surface area (Å²) in [5, 5.41) is 17.2. The summed E-state index contributed by atoms with van der Waals surface area (Å²) in [6, 6.07) is 12.6. The fourth-order valence-corrected chi connectivity index (χ4v) is 5.20. The van der Waals surface area contributed by atoms with Crippen LogP contribution in [0.5, 0.6) is 0 Å². The summed E-state index contributed by atoms with van der Waals surface area (Å²) < 4.78 is 12.3. The van der Waals surface area contributed by atoms with Gasteiger partial charge in [-0.15, -0.1) is 23.5 Å². The molecule has 0 unspecified atom stereocenters. The van der Waals surface area contributed by atoms with Crippen LogP contribution >= 0.6 is 23.5 Å². The highest BCUT2D eigenvalue weighted by Crippen LogP contribution is 2.43. The molecule has 0 bridgehead atoms. The molecule has 156 valence electrons. The van der Waals surface area contributed by atoms with Crippen LogP contribution in [0.2, 0.25) is 0 Å². The zero-order chi connectivity index (χ0) is 21.1. The van der Waals surface area contributed by atoms with Crippen LogP contribution in [0.15, 0.2) is 47.4 Å². The van der Waals surface area contributed by atoms with E-state index in [9.17, 15) is 14.9 Å². The first kappa shape index (κ1) is 20.7. The molecule has 3 aromatic rings. The quantitative estimate of drug-likeness (QED) is 0.229. The van der Waals surface area contributed by atoms with Crippen molar-refractivity contribution in [1.82, 2.24) is 9.78 Å². The molecule has 2 aromatic carbocycles. The molecular weight excluding hydrogens is 426 g/mol. The molecule has 4 rings (SSSR count). The molecule has 1 saturated heterocycles. The number of ether oxygens (including phenoxy) is 2. The van der Waals surface area contributed by atoms with Crippen LogP contribution in [0.1, 0.15) is 17.6 Å². The summed E-state index contributed by atoms with van der Waals surface area (Å²) in [6.07, 6.45) is 0.211. The monoisotopic (exact) mass is 445 g/mol. The van der Waals surface area contributed by atoms with Crippen molar-refractivity contribution in [3.63, 3.8) is 0 Å². The van der Waals surface area contributed by atoms with Crippen LogP contribution < -0.4 is 0 Å². The summed E-state index contributed by atoms with van der Waals surface area (Å²) in [6.45, 7) is 0.632. The maximum atomic E-state index is 11.6. The minimum Gasteiger partial charge on any atom is -0.469 e. The molecule has 0 aliphatic carbocycles. The second-order valence-electron chi connectivity index (χ2n) is 6.48. The minimum atomic E-state index is -0.410. The smallest absolute Gasteiger partial charge is 0.306 e. The lowest BCUT2D eigenvalue weighted by Crippen LogP contribution is -2.01. The lowest BCUT2D eigenvalue weighted by Gasteiger charge is -2.09. The fourth-order valence-electron chi connectivity index (χ4n) is 3.24. The third kappa shape index (κ3) is 4.16. The topological polar surface area (TPSA) is 96.5 Å². The molecule has 10 heteroatoms. The number of hydrogen-bond acceptors (Lipinski definition) is 8. The summed E-state index contributed by atoms with van der Waals surface area (Å²) in [4.78, 5) is 23.4. The van der Waals surface area contributed by atoms with Crippen molar-refractivity contribution in [3.8, 4) is 5.69 Å². The Labute approximate surface area is 181 Å². The number of carbonyl (C=O) groups is 1. The zero-order valence-electron chi connectivity index (χ0n) is 16.1. The van der Waals surface area contributed by atoms with Gasteiger partial charge in [-0.25, -0.2) is 4.68 Å². The maximum Gasteiger partial charge on any atom is 0.306 e.